The SMILES string of the molecule is CC(=S)N=Cc1c(O)[nH]c(=O)[nH]c1=O. The Balaban J connectivity index is 3.29. The van der Waals surface area contributed by atoms with Gasteiger partial charge in [-0.25, -0.2) is 9.79 Å². The highest BCUT2D eigenvalue weighted by atomic mass is 32.1. The van der Waals surface area contributed by atoms with Gasteiger partial charge in [0.2, 0.25) is 5.88 Å². The molecule has 0 bridgehead atoms. The third-order valence-electron chi connectivity index (χ3n) is 1.33. The van der Waals surface area contributed by atoms with Gasteiger partial charge in [0.25, 0.3) is 5.56 Å². The van der Waals surface area contributed by atoms with Crippen LogP contribution < -0.4 is 11.2 Å². The molecule has 1 aromatic rings. The Labute approximate surface area is 83.3 Å². The predicted molar refractivity (Wildman–Crippen MR) is 55.2 cm³/mol. The zero-order chi connectivity index (χ0) is 10.7. The lowest BCUT2D eigenvalue weighted by Crippen LogP contribution is -2.24. The van der Waals surface area contributed by atoms with Crippen molar-refractivity contribution in [3.8, 4) is 5.88 Å². The molecule has 7 heteroatoms. The molecule has 0 aliphatic rings. The van der Waals surface area contributed by atoms with E-state index in [-0.39, 0.29) is 5.56 Å². The van der Waals surface area contributed by atoms with Crippen LogP contribution in [0.3, 0.4) is 0 Å². The molecule has 1 aromatic heterocycles. The van der Waals surface area contributed by atoms with Crippen LogP contribution in [0.4, 0.5) is 0 Å². The molecule has 0 spiro atoms. The van der Waals surface area contributed by atoms with Crippen LogP contribution in [-0.2, 0) is 0 Å². The Kier molecular flexibility index (Phi) is 2.92. The third-order valence-corrected chi connectivity index (χ3v) is 1.44. The molecular formula is C7H7N3O3S. The first kappa shape index (κ1) is 10.3. The molecule has 0 amide bonds. The van der Waals surface area contributed by atoms with Crippen molar-refractivity contribution in [1.29, 1.82) is 0 Å². The second-order valence-corrected chi connectivity index (χ2v) is 3.04. The van der Waals surface area contributed by atoms with Crippen molar-refractivity contribution in [2.75, 3.05) is 0 Å². The van der Waals surface area contributed by atoms with E-state index in [1.165, 1.54) is 0 Å². The first-order valence-corrected chi connectivity index (χ1v) is 4.01. The molecule has 3 N–H and O–H groups in total. The lowest BCUT2D eigenvalue weighted by molar-refractivity contribution is 0.447. The molecule has 0 aliphatic heterocycles. The summed E-state index contributed by atoms with van der Waals surface area (Å²) in [6, 6.07) is 0. The van der Waals surface area contributed by atoms with Crippen LogP contribution in [0.2, 0.25) is 0 Å². The van der Waals surface area contributed by atoms with Crippen molar-refractivity contribution in [2.45, 2.75) is 6.92 Å². The van der Waals surface area contributed by atoms with Crippen molar-refractivity contribution in [1.82, 2.24) is 9.97 Å². The van der Waals surface area contributed by atoms with Crippen LogP contribution in [0.5, 0.6) is 5.88 Å². The third kappa shape index (κ3) is 2.36. The molecule has 0 saturated carbocycles. The lowest BCUT2D eigenvalue weighted by atomic mass is 10.3. The van der Waals surface area contributed by atoms with E-state index in [0.29, 0.717) is 4.99 Å². The first-order valence-electron chi connectivity index (χ1n) is 3.61. The number of thiocarbonyl (C=S) groups is 1. The molecule has 0 aliphatic carbocycles. The van der Waals surface area contributed by atoms with E-state index in [0.717, 1.165) is 6.21 Å². The topological polar surface area (TPSA) is 98.3 Å². The van der Waals surface area contributed by atoms with Gasteiger partial charge in [-0.05, 0) is 6.92 Å². The number of nitrogens with zero attached hydrogens (tertiary/aromatic N) is 1. The van der Waals surface area contributed by atoms with Crippen molar-refractivity contribution >= 4 is 23.4 Å². The summed E-state index contributed by atoms with van der Waals surface area (Å²) in [7, 11) is 0. The van der Waals surface area contributed by atoms with Gasteiger partial charge in [0.1, 0.15) is 5.56 Å². The Hall–Kier alpha value is -1.76. The van der Waals surface area contributed by atoms with E-state index in [9.17, 15) is 14.7 Å². The molecule has 1 heterocycles. The maximum atomic E-state index is 11.1. The van der Waals surface area contributed by atoms with Gasteiger partial charge in [0, 0.05) is 6.21 Å². The minimum atomic E-state index is -0.774. The Bertz CT molecular complexity index is 500. The monoisotopic (exact) mass is 213 g/mol. The Morgan fingerprint density at radius 2 is 2.14 bits per heavy atom. The van der Waals surface area contributed by atoms with E-state index in [2.05, 4.69) is 17.2 Å². The minimum absolute atomic E-state index is 0.131. The number of nitrogens with one attached hydrogen (secondary N) is 2. The fourth-order valence-corrected chi connectivity index (χ4v) is 0.812. The Morgan fingerprint density at radius 1 is 1.50 bits per heavy atom. The van der Waals surface area contributed by atoms with Crippen LogP contribution in [0.1, 0.15) is 12.5 Å². The fourth-order valence-electron chi connectivity index (χ4n) is 0.759. The van der Waals surface area contributed by atoms with Gasteiger partial charge >= 0.3 is 5.69 Å². The van der Waals surface area contributed by atoms with Crippen LogP contribution in [0.25, 0.3) is 0 Å². The number of hydrogen-bond acceptors (Lipinski definition) is 4. The summed E-state index contributed by atoms with van der Waals surface area (Å²) in [4.78, 5) is 29.7. The summed E-state index contributed by atoms with van der Waals surface area (Å²) < 4.78 is 0. The summed E-state index contributed by atoms with van der Waals surface area (Å²) >= 11 is 4.64. The molecular weight excluding hydrogens is 206 g/mol. The fraction of sp³-hybridized carbons (Fsp3) is 0.143. The lowest BCUT2D eigenvalue weighted by Gasteiger charge is -1.94. The number of aliphatic imine (C=N–C) groups is 1. The highest BCUT2D eigenvalue weighted by Gasteiger charge is 2.04. The zero-order valence-corrected chi connectivity index (χ0v) is 8.01. The van der Waals surface area contributed by atoms with Gasteiger partial charge in [-0.1, -0.05) is 12.2 Å². The molecule has 0 radical (unpaired) electrons. The van der Waals surface area contributed by atoms with Crippen LogP contribution in [0.15, 0.2) is 14.6 Å². The van der Waals surface area contributed by atoms with Gasteiger partial charge in [0.15, 0.2) is 0 Å². The molecule has 14 heavy (non-hydrogen) atoms. The molecule has 0 aromatic carbocycles. The number of hydrogen-bond donors (Lipinski definition) is 3. The summed E-state index contributed by atoms with van der Waals surface area (Å²) in [6.45, 7) is 1.56. The highest BCUT2D eigenvalue weighted by Crippen LogP contribution is 2.00. The van der Waals surface area contributed by atoms with Crippen molar-refractivity contribution in [2.24, 2.45) is 4.99 Å². The van der Waals surface area contributed by atoms with E-state index >= 15 is 0 Å². The van der Waals surface area contributed by atoms with Crippen LogP contribution in [-0.4, -0.2) is 26.3 Å². The van der Waals surface area contributed by atoms with Gasteiger partial charge in [-0.15, -0.1) is 0 Å². The number of aromatic nitrogens is 2. The van der Waals surface area contributed by atoms with Crippen LogP contribution >= 0.6 is 12.2 Å². The minimum Gasteiger partial charge on any atom is -0.494 e. The molecule has 6 nitrogen and oxygen atoms in total. The van der Waals surface area contributed by atoms with E-state index in [1.807, 2.05) is 9.97 Å². The van der Waals surface area contributed by atoms with Gasteiger partial charge in [-0.3, -0.25) is 14.8 Å². The summed E-state index contributed by atoms with van der Waals surface area (Å²) in [5.74, 6) is -0.529. The average Bonchev–Trinajstić information content (AvgIpc) is 2.01. The second kappa shape index (κ2) is 3.97. The normalized spacial score (nSPS) is 10.6. The van der Waals surface area contributed by atoms with Crippen molar-refractivity contribution < 1.29 is 5.11 Å². The molecule has 0 saturated heterocycles. The van der Waals surface area contributed by atoms with E-state index in [1.54, 1.807) is 6.92 Å². The summed E-state index contributed by atoms with van der Waals surface area (Å²) in [5.41, 5.74) is -1.62. The molecule has 1 rings (SSSR count). The van der Waals surface area contributed by atoms with E-state index < -0.39 is 17.1 Å². The predicted octanol–water partition coefficient (Wildman–Crippen LogP) is -0.465. The maximum absolute atomic E-state index is 11.1. The van der Waals surface area contributed by atoms with Gasteiger partial charge in [0.05, 0.1) is 4.99 Å². The molecule has 0 atom stereocenters. The Morgan fingerprint density at radius 3 is 2.64 bits per heavy atom. The largest absolute Gasteiger partial charge is 0.494 e. The quantitative estimate of drug-likeness (QED) is 0.434. The smallest absolute Gasteiger partial charge is 0.328 e. The van der Waals surface area contributed by atoms with Gasteiger partial charge in [-0.2, -0.15) is 0 Å². The standard InChI is InChI=1S/C7H7N3O3S/c1-3(14)8-2-4-5(11)9-7(13)10-6(4)12/h2H,1H3,(H3,9,10,11,12,13). The maximum Gasteiger partial charge on any atom is 0.328 e. The number of aromatic hydroxyl groups is 1. The van der Waals surface area contributed by atoms with Gasteiger partial charge < -0.3 is 5.11 Å². The number of aromatic amines is 2. The molecule has 0 fully saturated rings. The highest BCUT2D eigenvalue weighted by molar-refractivity contribution is 7.80. The van der Waals surface area contributed by atoms with Crippen LogP contribution in [0, 0.1) is 0 Å². The number of rotatable bonds is 1. The molecule has 74 valence electrons. The average molecular weight is 213 g/mol. The van der Waals surface area contributed by atoms with Crippen molar-refractivity contribution in [3.63, 3.8) is 0 Å². The first-order chi connectivity index (χ1) is 6.50. The zero-order valence-electron chi connectivity index (χ0n) is 7.20. The molecule has 0 unspecified atom stereocenters. The second-order valence-electron chi connectivity index (χ2n) is 2.45. The summed E-state index contributed by atoms with van der Waals surface area (Å²) in [6.07, 6.45) is 1.09. The van der Waals surface area contributed by atoms with Crippen molar-refractivity contribution in [3.05, 3.63) is 26.4 Å². The number of H-pyrrole nitrogens is 2. The van der Waals surface area contributed by atoms with E-state index in [4.69, 9.17) is 0 Å². The summed E-state index contributed by atoms with van der Waals surface area (Å²) in [5, 5.41) is 9.17.